The Morgan fingerprint density at radius 2 is 2.17 bits per heavy atom. The van der Waals surface area contributed by atoms with E-state index in [1.54, 1.807) is 0 Å². The molecule has 0 bridgehead atoms. The van der Waals surface area contributed by atoms with Gasteiger partial charge in [-0.05, 0) is 44.1 Å². The Labute approximate surface area is 141 Å². The fraction of sp³-hybridized carbons (Fsp3) is 0.500. The standard InChI is InChI=1S/C16H25N2O5P/c1-3-4-10-22-24(19,20)23-12-21-15-7-5-6-14-16(15)13(11-18-14)8-9-17-2/h5-7,11,17-18H,3-4,8-10,12H2,1-2H3,(H,19,20). The lowest BCUT2D eigenvalue weighted by molar-refractivity contribution is 0.0672. The number of phosphoric acid groups is 1. The summed E-state index contributed by atoms with van der Waals surface area (Å²) in [5, 5.41) is 4.07. The van der Waals surface area contributed by atoms with Gasteiger partial charge in [-0.25, -0.2) is 9.09 Å². The minimum absolute atomic E-state index is 0.186. The van der Waals surface area contributed by atoms with E-state index < -0.39 is 7.82 Å². The predicted molar refractivity (Wildman–Crippen MR) is 93.2 cm³/mol. The molecule has 1 aromatic carbocycles. The number of phosphoric ester groups is 1. The van der Waals surface area contributed by atoms with E-state index in [1.165, 1.54) is 0 Å². The zero-order valence-corrected chi connectivity index (χ0v) is 15.0. The van der Waals surface area contributed by atoms with Crippen LogP contribution >= 0.6 is 7.82 Å². The zero-order valence-electron chi connectivity index (χ0n) is 14.1. The van der Waals surface area contributed by atoms with Gasteiger partial charge < -0.3 is 19.9 Å². The summed E-state index contributed by atoms with van der Waals surface area (Å²) in [6.45, 7) is 2.65. The average Bonchev–Trinajstić information content (AvgIpc) is 2.97. The molecule has 134 valence electrons. The largest absolute Gasteiger partial charge is 0.475 e. The molecule has 0 aliphatic rings. The van der Waals surface area contributed by atoms with Crippen LogP contribution in [0.4, 0.5) is 0 Å². The number of rotatable bonds is 11. The minimum Gasteiger partial charge on any atom is -0.466 e. The van der Waals surface area contributed by atoms with Gasteiger partial charge in [0.2, 0.25) is 0 Å². The van der Waals surface area contributed by atoms with Crippen molar-refractivity contribution in [2.24, 2.45) is 0 Å². The highest BCUT2D eigenvalue weighted by Gasteiger charge is 2.21. The summed E-state index contributed by atoms with van der Waals surface area (Å²) in [6, 6.07) is 5.62. The number of aromatic nitrogens is 1. The molecule has 1 aromatic heterocycles. The highest BCUT2D eigenvalue weighted by molar-refractivity contribution is 7.47. The van der Waals surface area contributed by atoms with Gasteiger partial charge in [-0.15, -0.1) is 0 Å². The van der Waals surface area contributed by atoms with Gasteiger partial charge in [0, 0.05) is 17.1 Å². The summed E-state index contributed by atoms with van der Waals surface area (Å²) in [4.78, 5) is 12.8. The topological polar surface area (TPSA) is 92.8 Å². The van der Waals surface area contributed by atoms with Gasteiger partial charge in [-0.1, -0.05) is 19.4 Å². The predicted octanol–water partition coefficient (Wildman–Crippen LogP) is 3.20. The van der Waals surface area contributed by atoms with Gasteiger partial charge in [0.25, 0.3) is 0 Å². The molecule has 0 fully saturated rings. The molecule has 0 saturated heterocycles. The van der Waals surface area contributed by atoms with E-state index >= 15 is 0 Å². The summed E-state index contributed by atoms with van der Waals surface area (Å²) < 4.78 is 27.0. The highest BCUT2D eigenvalue weighted by Crippen LogP contribution is 2.43. The van der Waals surface area contributed by atoms with Crippen molar-refractivity contribution in [1.29, 1.82) is 0 Å². The third kappa shape index (κ3) is 5.33. The number of hydrogen-bond donors (Lipinski definition) is 3. The number of fused-ring (bicyclic) bond motifs is 1. The van der Waals surface area contributed by atoms with Gasteiger partial charge in [0.05, 0.1) is 6.61 Å². The molecule has 0 aliphatic heterocycles. The molecule has 0 saturated carbocycles. The summed E-state index contributed by atoms with van der Waals surface area (Å²) in [7, 11) is -2.18. The van der Waals surface area contributed by atoms with Crippen LogP contribution in [0.25, 0.3) is 10.9 Å². The molecule has 3 N–H and O–H groups in total. The number of unbranched alkanes of at least 4 members (excludes halogenated alkanes) is 1. The Balaban J connectivity index is 1.99. The Bertz CT molecular complexity index is 688. The van der Waals surface area contributed by atoms with Crippen LogP contribution < -0.4 is 10.1 Å². The number of benzene rings is 1. The monoisotopic (exact) mass is 356 g/mol. The molecule has 1 heterocycles. The number of hydrogen-bond acceptors (Lipinski definition) is 5. The van der Waals surface area contributed by atoms with Crippen LogP contribution in [0.1, 0.15) is 25.3 Å². The van der Waals surface area contributed by atoms with Crippen molar-refractivity contribution < 1.29 is 23.2 Å². The maximum atomic E-state index is 11.7. The van der Waals surface area contributed by atoms with Crippen molar-refractivity contribution in [2.75, 3.05) is 27.0 Å². The number of nitrogens with one attached hydrogen (secondary N) is 2. The van der Waals surface area contributed by atoms with Crippen molar-refractivity contribution in [3.05, 3.63) is 30.0 Å². The molecular weight excluding hydrogens is 331 g/mol. The Kier molecular flexibility index (Phi) is 7.27. The molecule has 0 spiro atoms. The van der Waals surface area contributed by atoms with Crippen molar-refractivity contribution in [1.82, 2.24) is 10.3 Å². The Hall–Kier alpha value is -1.37. The van der Waals surface area contributed by atoms with E-state index in [9.17, 15) is 9.46 Å². The average molecular weight is 356 g/mol. The van der Waals surface area contributed by atoms with Gasteiger partial charge in [-0.3, -0.25) is 4.52 Å². The lowest BCUT2D eigenvalue weighted by atomic mass is 10.1. The molecule has 2 rings (SSSR count). The second-order valence-electron chi connectivity index (χ2n) is 5.39. The first-order valence-corrected chi connectivity index (χ1v) is 9.55. The van der Waals surface area contributed by atoms with Gasteiger partial charge in [0.15, 0.2) is 6.79 Å². The Morgan fingerprint density at radius 3 is 2.92 bits per heavy atom. The number of ether oxygens (including phenoxy) is 1. The van der Waals surface area contributed by atoms with E-state index in [1.807, 2.05) is 38.4 Å². The fourth-order valence-corrected chi connectivity index (χ4v) is 2.94. The van der Waals surface area contributed by atoms with E-state index in [2.05, 4.69) is 10.3 Å². The molecule has 0 radical (unpaired) electrons. The normalized spacial score (nSPS) is 14.0. The smallest absolute Gasteiger partial charge is 0.466 e. The molecule has 2 aromatic rings. The fourth-order valence-electron chi connectivity index (χ4n) is 2.31. The van der Waals surface area contributed by atoms with Crippen molar-refractivity contribution in [2.45, 2.75) is 26.2 Å². The number of likely N-dealkylation sites (N-methyl/N-ethyl adjacent to an activating group) is 1. The second-order valence-corrected chi connectivity index (χ2v) is 6.85. The summed E-state index contributed by atoms with van der Waals surface area (Å²) in [6.07, 6.45) is 4.37. The third-order valence-electron chi connectivity index (χ3n) is 3.58. The Morgan fingerprint density at radius 1 is 1.33 bits per heavy atom. The second kappa shape index (κ2) is 9.20. The molecule has 0 aliphatic carbocycles. The minimum atomic E-state index is -4.08. The number of aromatic amines is 1. The van der Waals surface area contributed by atoms with E-state index in [0.717, 1.165) is 35.9 Å². The van der Waals surface area contributed by atoms with Crippen molar-refractivity contribution in [3.63, 3.8) is 0 Å². The highest BCUT2D eigenvalue weighted by atomic mass is 31.2. The van der Waals surface area contributed by atoms with Crippen LogP contribution in [-0.4, -0.2) is 36.9 Å². The van der Waals surface area contributed by atoms with E-state index in [-0.39, 0.29) is 13.4 Å². The molecule has 1 unspecified atom stereocenters. The van der Waals surface area contributed by atoms with Gasteiger partial charge in [-0.2, -0.15) is 0 Å². The molecule has 7 nitrogen and oxygen atoms in total. The van der Waals surface area contributed by atoms with E-state index in [4.69, 9.17) is 13.8 Å². The van der Waals surface area contributed by atoms with Crippen LogP contribution in [0, 0.1) is 0 Å². The quantitative estimate of drug-likeness (QED) is 0.325. The first kappa shape index (κ1) is 19.0. The van der Waals surface area contributed by atoms with Crippen molar-refractivity contribution >= 4 is 18.7 Å². The number of H-pyrrole nitrogens is 1. The van der Waals surface area contributed by atoms with Gasteiger partial charge in [0.1, 0.15) is 5.75 Å². The van der Waals surface area contributed by atoms with Crippen LogP contribution in [0.5, 0.6) is 5.75 Å². The van der Waals surface area contributed by atoms with Gasteiger partial charge >= 0.3 is 7.82 Å². The SMILES string of the molecule is CCCCOP(=O)(O)OCOc1cccc2[nH]cc(CCNC)c12. The van der Waals surface area contributed by atoms with Crippen LogP contribution in [0.15, 0.2) is 24.4 Å². The molecule has 24 heavy (non-hydrogen) atoms. The van der Waals surface area contributed by atoms with Crippen LogP contribution in [0.2, 0.25) is 0 Å². The maximum absolute atomic E-state index is 11.7. The zero-order chi connectivity index (χ0) is 17.4. The summed E-state index contributed by atoms with van der Waals surface area (Å²) in [5.74, 6) is 0.605. The maximum Gasteiger partial charge on any atom is 0.475 e. The first-order chi connectivity index (χ1) is 11.6. The summed E-state index contributed by atoms with van der Waals surface area (Å²) in [5.41, 5.74) is 2.06. The van der Waals surface area contributed by atoms with Crippen molar-refractivity contribution in [3.8, 4) is 5.75 Å². The van der Waals surface area contributed by atoms with Crippen LogP contribution in [0.3, 0.4) is 0 Å². The molecule has 1 atom stereocenters. The van der Waals surface area contributed by atoms with E-state index in [0.29, 0.717) is 12.2 Å². The van der Waals surface area contributed by atoms with Crippen LogP contribution in [-0.2, 0) is 20.0 Å². The molecule has 0 amide bonds. The summed E-state index contributed by atoms with van der Waals surface area (Å²) >= 11 is 0. The lowest BCUT2D eigenvalue weighted by Gasteiger charge is -2.13. The lowest BCUT2D eigenvalue weighted by Crippen LogP contribution is -2.10. The first-order valence-electron chi connectivity index (χ1n) is 8.05. The molecule has 8 heteroatoms. The molecular formula is C16H25N2O5P. The third-order valence-corrected chi connectivity index (χ3v) is 4.52.